The summed E-state index contributed by atoms with van der Waals surface area (Å²) in [5, 5.41) is 3.27. The summed E-state index contributed by atoms with van der Waals surface area (Å²) in [6.45, 7) is 11.8. The first-order valence-corrected chi connectivity index (χ1v) is 7.94. The highest BCUT2D eigenvalue weighted by molar-refractivity contribution is 5.80. The lowest BCUT2D eigenvalue weighted by Crippen LogP contribution is -2.50. The van der Waals surface area contributed by atoms with Crippen LogP contribution in [0.25, 0.3) is 0 Å². The fraction of sp³-hybridized carbons (Fsp3) is 0.938. The van der Waals surface area contributed by atoms with Gasteiger partial charge in [-0.3, -0.25) is 9.69 Å². The Balaban J connectivity index is 2.36. The van der Waals surface area contributed by atoms with E-state index in [-0.39, 0.29) is 5.97 Å². The minimum absolute atomic E-state index is 0.152. The highest BCUT2D eigenvalue weighted by Crippen LogP contribution is 2.28. The van der Waals surface area contributed by atoms with Gasteiger partial charge in [-0.25, -0.2) is 0 Å². The van der Waals surface area contributed by atoms with Crippen molar-refractivity contribution in [2.24, 2.45) is 0 Å². The zero-order valence-electron chi connectivity index (χ0n) is 13.9. The molecule has 0 aromatic rings. The summed E-state index contributed by atoms with van der Waals surface area (Å²) in [5.41, 5.74) is -0.183. The number of unbranched alkanes of at least 4 members (excludes halogenated alkanes) is 1. The summed E-state index contributed by atoms with van der Waals surface area (Å²) >= 11 is 0. The molecule has 1 N–H and O–H groups in total. The lowest BCUT2D eigenvalue weighted by atomic mass is 9.94. The van der Waals surface area contributed by atoms with Crippen LogP contribution in [0.15, 0.2) is 0 Å². The van der Waals surface area contributed by atoms with Crippen LogP contribution in [0.3, 0.4) is 0 Å². The molecule has 1 rings (SSSR count). The average molecular weight is 284 g/mol. The van der Waals surface area contributed by atoms with Crippen molar-refractivity contribution in [3.05, 3.63) is 0 Å². The van der Waals surface area contributed by atoms with E-state index in [1.807, 2.05) is 13.8 Å². The Morgan fingerprint density at radius 1 is 1.40 bits per heavy atom. The molecular formula is C16H32N2O2. The molecule has 0 radical (unpaired) electrons. The Kier molecular flexibility index (Phi) is 6.46. The van der Waals surface area contributed by atoms with Crippen molar-refractivity contribution in [1.82, 2.24) is 10.2 Å². The number of likely N-dealkylation sites (N-methyl/N-ethyl adjacent to an activating group) is 1. The number of hydrogen-bond donors (Lipinski definition) is 1. The summed E-state index contributed by atoms with van der Waals surface area (Å²) < 4.78 is 4.92. The number of nitrogens with one attached hydrogen (secondary N) is 1. The second-order valence-corrected chi connectivity index (χ2v) is 6.71. The number of rotatable bonds is 8. The standard InChI is InChI=1S/C16H32N2O2/c1-6-17-16(4,14(19)20-5)11-7-8-12-18-13-9-10-15(18,2)3/h17H,6-13H2,1-5H3. The van der Waals surface area contributed by atoms with Gasteiger partial charge in [0.2, 0.25) is 0 Å². The van der Waals surface area contributed by atoms with Gasteiger partial charge in [0.05, 0.1) is 7.11 Å². The maximum absolute atomic E-state index is 11.9. The number of nitrogens with zero attached hydrogens (tertiary/aromatic N) is 1. The zero-order valence-corrected chi connectivity index (χ0v) is 13.9. The molecule has 0 aliphatic carbocycles. The molecule has 1 atom stereocenters. The van der Waals surface area contributed by atoms with Crippen molar-refractivity contribution in [3.63, 3.8) is 0 Å². The van der Waals surface area contributed by atoms with Crippen LogP contribution in [0.4, 0.5) is 0 Å². The topological polar surface area (TPSA) is 41.6 Å². The summed E-state index contributed by atoms with van der Waals surface area (Å²) in [6, 6.07) is 0. The summed E-state index contributed by atoms with van der Waals surface area (Å²) in [6.07, 6.45) is 5.63. The molecule has 1 unspecified atom stereocenters. The van der Waals surface area contributed by atoms with Crippen molar-refractivity contribution in [2.75, 3.05) is 26.7 Å². The van der Waals surface area contributed by atoms with E-state index in [2.05, 4.69) is 24.1 Å². The lowest BCUT2D eigenvalue weighted by Gasteiger charge is -2.32. The van der Waals surface area contributed by atoms with Crippen LogP contribution >= 0.6 is 0 Å². The zero-order chi connectivity index (χ0) is 15.2. The van der Waals surface area contributed by atoms with Crippen LogP contribution in [0.1, 0.15) is 59.8 Å². The van der Waals surface area contributed by atoms with Crippen molar-refractivity contribution in [1.29, 1.82) is 0 Å². The molecule has 0 amide bonds. The van der Waals surface area contributed by atoms with Gasteiger partial charge in [0.25, 0.3) is 0 Å². The van der Waals surface area contributed by atoms with Crippen LogP contribution in [-0.4, -0.2) is 48.7 Å². The van der Waals surface area contributed by atoms with Crippen molar-refractivity contribution in [3.8, 4) is 0 Å². The Bertz CT molecular complexity index is 318. The van der Waals surface area contributed by atoms with E-state index in [1.165, 1.54) is 26.5 Å². The fourth-order valence-electron chi connectivity index (χ4n) is 3.24. The molecule has 1 aliphatic heterocycles. The molecule has 0 saturated carbocycles. The predicted octanol–water partition coefficient (Wildman–Crippen LogP) is 2.57. The molecule has 0 aromatic carbocycles. The van der Waals surface area contributed by atoms with E-state index in [0.29, 0.717) is 5.54 Å². The Morgan fingerprint density at radius 3 is 2.60 bits per heavy atom. The number of esters is 1. The number of methoxy groups -OCH3 is 1. The van der Waals surface area contributed by atoms with Gasteiger partial charge in [-0.1, -0.05) is 6.92 Å². The minimum atomic E-state index is -0.538. The molecule has 4 nitrogen and oxygen atoms in total. The fourth-order valence-corrected chi connectivity index (χ4v) is 3.24. The third kappa shape index (κ3) is 4.45. The third-order valence-corrected chi connectivity index (χ3v) is 4.63. The van der Waals surface area contributed by atoms with E-state index in [0.717, 1.165) is 32.4 Å². The molecule has 1 aliphatic rings. The molecule has 20 heavy (non-hydrogen) atoms. The van der Waals surface area contributed by atoms with E-state index >= 15 is 0 Å². The Hall–Kier alpha value is -0.610. The lowest BCUT2D eigenvalue weighted by molar-refractivity contribution is -0.148. The van der Waals surface area contributed by atoms with Gasteiger partial charge in [-0.15, -0.1) is 0 Å². The van der Waals surface area contributed by atoms with E-state index in [9.17, 15) is 4.79 Å². The number of carbonyl (C=O) groups excluding carboxylic acids is 1. The quantitative estimate of drug-likeness (QED) is 0.549. The molecule has 4 heteroatoms. The minimum Gasteiger partial charge on any atom is -0.468 e. The van der Waals surface area contributed by atoms with Crippen LogP contribution in [0.5, 0.6) is 0 Å². The van der Waals surface area contributed by atoms with Crippen molar-refractivity contribution < 1.29 is 9.53 Å². The molecule has 0 spiro atoms. The SMILES string of the molecule is CCNC(C)(CCCCN1CCCC1(C)C)C(=O)OC. The van der Waals surface area contributed by atoms with E-state index in [4.69, 9.17) is 4.74 Å². The molecular weight excluding hydrogens is 252 g/mol. The second kappa shape index (κ2) is 7.41. The van der Waals surface area contributed by atoms with Crippen molar-refractivity contribution in [2.45, 2.75) is 70.9 Å². The molecule has 0 aromatic heterocycles. The number of carbonyl (C=O) groups is 1. The molecule has 1 heterocycles. The Labute approximate surface area is 124 Å². The molecule has 1 fully saturated rings. The van der Waals surface area contributed by atoms with Gasteiger partial charge in [-0.2, -0.15) is 0 Å². The average Bonchev–Trinajstić information content (AvgIpc) is 2.73. The highest BCUT2D eigenvalue weighted by Gasteiger charge is 2.34. The van der Waals surface area contributed by atoms with Gasteiger partial charge in [0.15, 0.2) is 0 Å². The first-order valence-electron chi connectivity index (χ1n) is 7.94. The van der Waals surface area contributed by atoms with E-state index < -0.39 is 5.54 Å². The molecule has 1 saturated heterocycles. The largest absolute Gasteiger partial charge is 0.468 e. The van der Waals surface area contributed by atoms with Gasteiger partial charge < -0.3 is 10.1 Å². The van der Waals surface area contributed by atoms with Crippen LogP contribution in [0, 0.1) is 0 Å². The molecule has 118 valence electrons. The van der Waals surface area contributed by atoms with Crippen molar-refractivity contribution >= 4 is 5.97 Å². The number of hydrogen-bond acceptors (Lipinski definition) is 4. The number of ether oxygens (including phenoxy) is 1. The maximum atomic E-state index is 11.9. The first kappa shape index (κ1) is 17.4. The van der Waals surface area contributed by atoms with Gasteiger partial charge in [-0.05, 0) is 72.5 Å². The molecule has 0 bridgehead atoms. The van der Waals surface area contributed by atoms with Crippen LogP contribution < -0.4 is 5.32 Å². The number of likely N-dealkylation sites (tertiary alicyclic amines) is 1. The third-order valence-electron chi connectivity index (χ3n) is 4.63. The smallest absolute Gasteiger partial charge is 0.325 e. The summed E-state index contributed by atoms with van der Waals surface area (Å²) in [5.74, 6) is -0.152. The second-order valence-electron chi connectivity index (χ2n) is 6.71. The summed E-state index contributed by atoms with van der Waals surface area (Å²) in [4.78, 5) is 14.5. The Morgan fingerprint density at radius 2 is 2.10 bits per heavy atom. The van der Waals surface area contributed by atoms with Gasteiger partial charge in [0, 0.05) is 5.54 Å². The van der Waals surface area contributed by atoms with Crippen LogP contribution in [-0.2, 0) is 9.53 Å². The highest BCUT2D eigenvalue weighted by atomic mass is 16.5. The maximum Gasteiger partial charge on any atom is 0.325 e. The first-order chi connectivity index (χ1) is 9.35. The normalized spacial score (nSPS) is 21.6. The predicted molar refractivity (Wildman–Crippen MR) is 82.8 cm³/mol. The van der Waals surface area contributed by atoms with Crippen LogP contribution in [0.2, 0.25) is 0 Å². The van der Waals surface area contributed by atoms with Gasteiger partial charge in [0.1, 0.15) is 5.54 Å². The van der Waals surface area contributed by atoms with E-state index in [1.54, 1.807) is 0 Å². The monoisotopic (exact) mass is 284 g/mol. The summed E-state index contributed by atoms with van der Waals surface area (Å²) in [7, 11) is 1.46. The van der Waals surface area contributed by atoms with Gasteiger partial charge >= 0.3 is 5.97 Å².